The first-order valence-corrected chi connectivity index (χ1v) is 9.15. The molecule has 1 aromatic carbocycles. The maximum Gasteiger partial charge on any atom is 0.134 e. The predicted octanol–water partition coefficient (Wildman–Crippen LogP) is 4.25. The molecule has 128 valence electrons. The largest absolute Gasteiger partial charge is 0.506 e. The number of phenols is 1. The zero-order valence-electron chi connectivity index (χ0n) is 14.1. The SMILES string of the molecule is CN(C)C1C[C@@H]2CC(N(C)Cc3c(Cl)ccc(O)c3Cl)C[C@@H]2C1. The quantitative estimate of drug-likeness (QED) is 0.873. The van der Waals surface area contributed by atoms with Gasteiger partial charge in [-0.3, -0.25) is 4.90 Å². The first kappa shape index (κ1) is 17.3. The molecule has 1 aromatic rings. The van der Waals surface area contributed by atoms with Crippen molar-refractivity contribution in [2.75, 3.05) is 21.1 Å². The second-order valence-corrected chi connectivity index (χ2v) is 8.29. The summed E-state index contributed by atoms with van der Waals surface area (Å²) in [6.07, 6.45) is 5.18. The Balaban J connectivity index is 1.63. The van der Waals surface area contributed by atoms with E-state index < -0.39 is 0 Å². The van der Waals surface area contributed by atoms with E-state index in [1.54, 1.807) is 12.1 Å². The summed E-state index contributed by atoms with van der Waals surface area (Å²) >= 11 is 12.5. The van der Waals surface area contributed by atoms with Crippen molar-refractivity contribution in [1.82, 2.24) is 9.80 Å². The number of aromatic hydroxyl groups is 1. The number of hydrogen-bond acceptors (Lipinski definition) is 3. The molecule has 0 aromatic heterocycles. The van der Waals surface area contributed by atoms with Crippen LogP contribution in [0.3, 0.4) is 0 Å². The maximum atomic E-state index is 9.80. The highest BCUT2D eigenvalue weighted by Crippen LogP contribution is 2.47. The van der Waals surface area contributed by atoms with Crippen LogP contribution in [0, 0.1) is 11.8 Å². The summed E-state index contributed by atoms with van der Waals surface area (Å²) in [5, 5.41) is 10.8. The maximum absolute atomic E-state index is 9.80. The van der Waals surface area contributed by atoms with E-state index >= 15 is 0 Å². The minimum absolute atomic E-state index is 0.108. The summed E-state index contributed by atoms with van der Waals surface area (Å²) in [6, 6.07) is 4.61. The standard InChI is InChI=1S/C18H26Cl2N2O/c1-21(2)13-6-11-8-14(9-12(11)7-13)22(3)10-15-16(19)4-5-17(23)18(15)20/h4-5,11-14,23H,6-10H2,1-3H3/t11-,12+,13?,14?. The molecule has 1 N–H and O–H groups in total. The minimum atomic E-state index is 0.108. The first-order chi connectivity index (χ1) is 10.9. The molecule has 2 fully saturated rings. The van der Waals surface area contributed by atoms with Crippen LogP contribution in [0.25, 0.3) is 0 Å². The molecule has 2 aliphatic rings. The lowest BCUT2D eigenvalue weighted by molar-refractivity contribution is 0.212. The van der Waals surface area contributed by atoms with E-state index in [4.69, 9.17) is 23.2 Å². The van der Waals surface area contributed by atoms with Gasteiger partial charge in [0.05, 0.1) is 5.02 Å². The normalized spacial score (nSPS) is 30.4. The van der Waals surface area contributed by atoms with Crippen LogP contribution in [0.15, 0.2) is 12.1 Å². The highest BCUT2D eigenvalue weighted by atomic mass is 35.5. The van der Waals surface area contributed by atoms with Gasteiger partial charge in [0.15, 0.2) is 0 Å². The molecule has 3 rings (SSSR count). The van der Waals surface area contributed by atoms with Crippen LogP contribution in [-0.4, -0.2) is 48.1 Å². The summed E-state index contributed by atoms with van der Waals surface area (Å²) in [7, 11) is 6.54. The zero-order valence-corrected chi connectivity index (χ0v) is 15.6. The topological polar surface area (TPSA) is 26.7 Å². The Hall–Kier alpha value is -0.480. The van der Waals surface area contributed by atoms with Gasteiger partial charge in [-0.2, -0.15) is 0 Å². The van der Waals surface area contributed by atoms with E-state index in [0.717, 1.165) is 23.4 Å². The highest BCUT2D eigenvalue weighted by molar-refractivity contribution is 6.36. The van der Waals surface area contributed by atoms with Crippen LogP contribution < -0.4 is 0 Å². The number of phenolic OH excluding ortho intramolecular Hbond substituents is 1. The highest BCUT2D eigenvalue weighted by Gasteiger charge is 2.43. The van der Waals surface area contributed by atoms with E-state index in [-0.39, 0.29) is 5.75 Å². The van der Waals surface area contributed by atoms with Gasteiger partial charge in [-0.1, -0.05) is 23.2 Å². The Morgan fingerprint density at radius 3 is 2.13 bits per heavy atom. The van der Waals surface area contributed by atoms with Crippen LogP contribution in [0.4, 0.5) is 0 Å². The molecule has 0 aliphatic heterocycles. The molecular weight excluding hydrogens is 331 g/mol. The van der Waals surface area contributed by atoms with Gasteiger partial charge in [0.25, 0.3) is 0 Å². The van der Waals surface area contributed by atoms with Crippen molar-refractivity contribution in [1.29, 1.82) is 0 Å². The summed E-state index contributed by atoms with van der Waals surface area (Å²) in [4.78, 5) is 4.73. The molecule has 3 nitrogen and oxygen atoms in total. The van der Waals surface area contributed by atoms with Crippen LogP contribution >= 0.6 is 23.2 Å². The average Bonchev–Trinajstić information content (AvgIpc) is 3.06. The smallest absolute Gasteiger partial charge is 0.134 e. The molecule has 0 spiro atoms. The van der Waals surface area contributed by atoms with Gasteiger partial charge in [-0.15, -0.1) is 0 Å². The van der Waals surface area contributed by atoms with Gasteiger partial charge in [-0.25, -0.2) is 0 Å². The van der Waals surface area contributed by atoms with Crippen molar-refractivity contribution in [3.05, 3.63) is 27.7 Å². The van der Waals surface area contributed by atoms with Gasteiger partial charge in [0.2, 0.25) is 0 Å². The second kappa shape index (κ2) is 6.79. The van der Waals surface area contributed by atoms with Gasteiger partial charge < -0.3 is 10.0 Å². The molecule has 5 heteroatoms. The van der Waals surface area contributed by atoms with Crippen molar-refractivity contribution in [3.63, 3.8) is 0 Å². The monoisotopic (exact) mass is 356 g/mol. The number of nitrogens with zero attached hydrogens (tertiary/aromatic N) is 2. The van der Waals surface area contributed by atoms with Gasteiger partial charge in [0, 0.05) is 29.2 Å². The van der Waals surface area contributed by atoms with Crippen molar-refractivity contribution >= 4 is 23.2 Å². The average molecular weight is 357 g/mol. The molecule has 0 saturated heterocycles. The Kier molecular flexibility index (Phi) is 5.12. The van der Waals surface area contributed by atoms with Crippen LogP contribution in [0.2, 0.25) is 10.0 Å². The fraction of sp³-hybridized carbons (Fsp3) is 0.667. The van der Waals surface area contributed by atoms with E-state index in [1.807, 2.05) is 0 Å². The number of halogens is 2. The molecule has 0 radical (unpaired) electrons. The van der Waals surface area contributed by atoms with Crippen LogP contribution in [-0.2, 0) is 6.54 Å². The molecule has 23 heavy (non-hydrogen) atoms. The Labute approximate surface area is 149 Å². The summed E-state index contributed by atoms with van der Waals surface area (Å²) in [6.45, 7) is 0.688. The Morgan fingerprint density at radius 1 is 1.00 bits per heavy atom. The lowest BCUT2D eigenvalue weighted by atomic mass is 10.0. The lowest BCUT2D eigenvalue weighted by Gasteiger charge is -2.27. The van der Waals surface area contributed by atoms with Crippen molar-refractivity contribution in [2.24, 2.45) is 11.8 Å². The zero-order chi connectivity index (χ0) is 16.7. The van der Waals surface area contributed by atoms with Crippen LogP contribution in [0.5, 0.6) is 5.75 Å². The van der Waals surface area contributed by atoms with Crippen molar-refractivity contribution in [3.8, 4) is 5.75 Å². The van der Waals surface area contributed by atoms with Crippen molar-refractivity contribution in [2.45, 2.75) is 44.3 Å². The number of hydrogen-bond donors (Lipinski definition) is 1. The summed E-state index contributed by atoms with van der Waals surface area (Å²) < 4.78 is 0. The number of benzene rings is 1. The lowest BCUT2D eigenvalue weighted by Crippen LogP contribution is -2.31. The van der Waals surface area contributed by atoms with E-state index in [1.165, 1.54) is 25.7 Å². The minimum Gasteiger partial charge on any atom is -0.506 e. The molecule has 2 unspecified atom stereocenters. The summed E-state index contributed by atoms with van der Waals surface area (Å²) in [5.41, 5.74) is 0.832. The third-order valence-corrected chi connectivity index (χ3v) is 6.67. The predicted molar refractivity (Wildman–Crippen MR) is 96.3 cm³/mol. The number of rotatable bonds is 4. The molecule has 0 amide bonds. The first-order valence-electron chi connectivity index (χ1n) is 8.39. The van der Waals surface area contributed by atoms with Crippen molar-refractivity contribution < 1.29 is 5.11 Å². The van der Waals surface area contributed by atoms with E-state index in [2.05, 4.69) is 30.9 Å². The molecule has 0 bridgehead atoms. The molecule has 0 heterocycles. The second-order valence-electron chi connectivity index (χ2n) is 7.51. The third-order valence-electron chi connectivity index (χ3n) is 5.89. The molecule has 4 atom stereocenters. The fourth-order valence-corrected chi connectivity index (χ4v) is 4.93. The molecular formula is C18H26Cl2N2O. The molecule has 2 aliphatic carbocycles. The molecule has 2 saturated carbocycles. The van der Waals surface area contributed by atoms with Gasteiger partial charge in [0.1, 0.15) is 5.75 Å². The Bertz CT molecular complexity index is 564. The van der Waals surface area contributed by atoms with Gasteiger partial charge >= 0.3 is 0 Å². The summed E-state index contributed by atoms with van der Waals surface area (Å²) in [5.74, 6) is 1.81. The Morgan fingerprint density at radius 2 is 1.57 bits per heavy atom. The van der Waals surface area contributed by atoms with Gasteiger partial charge in [-0.05, 0) is 70.8 Å². The van der Waals surface area contributed by atoms with E-state index in [0.29, 0.717) is 22.6 Å². The number of fused-ring (bicyclic) bond motifs is 1. The van der Waals surface area contributed by atoms with E-state index in [9.17, 15) is 5.11 Å². The van der Waals surface area contributed by atoms with Crippen LogP contribution in [0.1, 0.15) is 31.2 Å². The third kappa shape index (κ3) is 3.48. The fourth-order valence-electron chi connectivity index (χ4n) is 4.44.